The molecule has 3 rings (SSSR count). The maximum absolute atomic E-state index is 14.4. The predicted octanol–water partition coefficient (Wildman–Crippen LogP) is 3.32. The van der Waals surface area contributed by atoms with Crippen LogP contribution in [0.15, 0.2) is 36.4 Å². The molecule has 0 atom stereocenters. The van der Waals surface area contributed by atoms with E-state index in [1.807, 2.05) is 0 Å². The smallest absolute Gasteiger partial charge is 0.308 e. The molecule has 0 bridgehead atoms. The van der Waals surface area contributed by atoms with Crippen molar-refractivity contribution in [3.63, 3.8) is 0 Å². The molecule has 2 aromatic carbocycles. The first-order valence-corrected chi connectivity index (χ1v) is 9.69. The van der Waals surface area contributed by atoms with Crippen molar-refractivity contribution in [1.29, 1.82) is 0 Å². The van der Waals surface area contributed by atoms with Crippen molar-refractivity contribution in [3.05, 3.63) is 65.0 Å². The highest BCUT2D eigenvalue weighted by atomic mass is 32.2. The summed E-state index contributed by atoms with van der Waals surface area (Å²) in [6.07, 6.45) is 0.529. The number of hydrogen-bond acceptors (Lipinski definition) is 3. The number of halogens is 2. The summed E-state index contributed by atoms with van der Waals surface area (Å²) in [5.74, 6) is -1.95. The van der Waals surface area contributed by atoms with Crippen molar-refractivity contribution >= 4 is 27.3 Å². The third-order valence-electron chi connectivity index (χ3n) is 4.29. The van der Waals surface area contributed by atoms with E-state index in [4.69, 9.17) is 6.57 Å². The predicted molar refractivity (Wildman–Crippen MR) is 99.1 cm³/mol. The van der Waals surface area contributed by atoms with E-state index >= 15 is 0 Å². The number of nitrogens with zero attached hydrogens (tertiary/aromatic N) is 3. The molecule has 0 radical (unpaired) electrons. The average Bonchev–Trinajstić information content (AvgIpc) is 2.63. The van der Waals surface area contributed by atoms with Crippen LogP contribution in [0.2, 0.25) is 0 Å². The van der Waals surface area contributed by atoms with Crippen LogP contribution in [0, 0.1) is 18.2 Å². The van der Waals surface area contributed by atoms with E-state index in [1.165, 1.54) is 22.5 Å². The summed E-state index contributed by atoms with van der Waals surface area (Å²) < 4.78 is 57.1. The monoisotopic (exact) mass is 392 g/mol. The Morgan fingerprint density at radius 1 is 1.22 bits per heavy atom. The van der Waals surface area contributed by atoms with E-state index in [0.717, 1.165) is 12.1 Å². The number of benzene rings is 2. The molecule has 0 aliphatic carbocycles. The molecule has 0 saturated carbocycles. The molecule has 0 fully saturated rings. The van der Waals surface area contributed by atoms with Crippen LogP contribution in [0.5, 0.6) is 0 Å². The normalized spacial score (nSPS) is 16.0. The van der Waals surface area contributed by atoms with Gasteiger partial charge in [0.25, 0.3) is 0 Å². The summed E-state index contributed by atoms with van der Waals surface area (Å²) in [4.78, 5) is 3.35. The number of rotatable bonds is 5. The fraction of sp³-hybridized carbons (Fsp3) is 0.278. The first kappa shape index (κ1) is 19.2. The number of hydrogen-bond donors (Lipinski definition) is 1. The topological polar surface area (TPSA) is 57.0 Å². The van der Waals surface area contributed by atoms with Crippen LogP contribution in [0.25, 0.3) is 4.85 Å². The summed E-state index contributed by atoms with van der Waals surface area (Å²) in [6.45, 7) is 7.97. The maximum atomic E-state index is 14.4. The highest BCUT2D eigenvalue weighted by Gasteiger charge is 2.39. The molecule has 6 nitrogen and oxygen atoms in total. The van der Waals surface area contributed by atoms with Crippen molar-refractivity contribution in [2.24, 2.45) is 0 Å². The molecular formula is C18H18F2N4O2S. The van der Waals surface area contributed by atoms with Gasteiger partial charge in [0.05, 0.1) is 12.3 Å². The van der Waals surface area contributed by atoms with Gasteiger partial charge < -0.3 is 5.32 Å². The Balaban J connectivity index is 2.19. The molecule has 1 N–H and O–H groups in total. The number of anilines is 2. The van der Waals surface area contributed by atoms with Crippen molar-refractivity contribution in [3.8, 4) is 0 Å². The molecule has 1 heterocycles. The largest absolute Gasteiger partial charge is 0.320 e. The lowest BCUT2D eigenvalue weighted by molar-refractivity contribution is 0.391. The minimum Gasteiger partial charge on any atom is -0.320 e. The van der Waals surface area contributed by atoms with E-state index in [9.17, 15) is 17.2 Å². The van der Waals surface area contributed by atoms with E-state index in [0.29, 0.717) is 28.5 Å². The van der Waals surface area contributed by atoms with Crippen LogP contribution in [0.1, 0.15) is 12.0 Å². The van der Waals surface area contributed by atoms with E-state index < -0.39 is 27.5 Å². The molecule has 0 aromatic heterocycles. The molecule has 1 aliphatic rings. The SMILES string of the molecule is [C-]#[N+]c1ccc2c(c1)CN(CCCNC)S(=O)(=O)N2c1c(F)cccc1F. The van der Waals surface area contributed by atoms with Crippen LogP contribution >= 0.6 is 0 Å². The van der Waals surface area contributed by atoms with Gasteiger partial charge in [-0.2, -0.15) is 12.7 Å². The summed E-state index contributed by atoms with van der Waals surface area (Å²) in [5.41, 5.74) is 0.353. The molecule has 27 heavy (non-hydrogen) atoms. The molecule has 0 saturated heterocycles. The fourth-order valence-corrected chi connectivity index (χ4v) is 4.75. The van der Waals surface area contributed by atoms with Crippen molar-refractivity contribution in [2.45, 2.75) is 13.0 Å². The quantitative estimate of drug-likeness (QED) is 0.627. The van der Waals surface area contributed by atoms with Gasteiger partial charge in [-0.05, 0) is 49.8 Å². The molecule has 9 heteroatoms. The molecule has 142 valence electrons. The number of para-hydroxylation sites is 1. The Hall–Kier alpha value is -2.54. The van der Waals surface area contributed by atoms with Crippen LogP contribution in [-0.4, -0.2) is 32.9 Å². The van der Waals surface area contributed by atoms with Gasteiger partial charge in [0, 0.05) is 13.1 Å². The van der Waals surface area contributed by atoms with E-state index in [-0.39, 0.29) is 18.8 Å². The molecule has 1 aliphatic heterocycles. The minimum absolute atomic E-state index is 0.0390. The first-order valence-electron chi connectivity index (χ1n) is 8.29. The molecule has 2 aromatic rings. The second-order valence-electron chi connectivity index (χ2n) is 6.06. The van der Waals surface area contributed by atoms with Crippen molar-refractivity contribution < 1.29 is 17.2 Å². The Bertz CT molecular complexity index is 985. The first-order chi connectivity index (χ1) is 12.9. The second-order valence-corrected chi connectivity index (χ2v) is 7.84. The van der Waals surface area contributed by atoms with Gasteiger partial charge in [0.15, 0.2) is 17.3 Å². The lowest BCUT2D eigenvalue weighted by Crippen LogP contribution is -2.46. The Kier molecular flexibility index (Phi) is 5.41. The van der Waals surface area contributed by atoms with Crippen LogP contribution in [0.3, 0.4) is 0 Å². The van der Waals surface area contributed by atoms with Crippen molar-refractivity contribution in [2.75, 3.05) is 24.4 Å². The zero-order valence-corrected chi connectivity index (χ0v) is 15.4. The van der Waals surface area contributed by atoms with Crippen LogP contribution in [0.4, 0.5) is 25.8 Å². The van der Waals surface area contributed by atoms with Gasteiger partial charge in [-0.3, -0.25) is 0 Å². The van der Waals surface area contributed by atoms with E-state index in [1.54, 1.807) is 13.1 Å². The number of nitrogens with one attached hydrogen (secondary N) is 1. The van der Waals surface area contributed by atoms with Gasteiger partial charge in [0.1, 0.15) is 5.69 Å². The number of fused-ring (bicyclic) bond motifs is 1. The van der Waals surface area contributed by atoms with Gasteiger partial charge in [-0.25, -0.2) is 17.9 Å². The van der Waals surface area contributed by atoms with Crippen LogP contribution in [-0.2, 0) is 16.8 Å². The Morgan fingerprint density at radius 2 is 1.93 bits per heavy atom. The summed E-state index contributed by atoms with van der Waals surface area (Å²) in [6, 6.07) is 7.61. The Morgan fingerprint density at radius 3 is 2.56 bits per heavy atom. The highest BCUT2D eigenvalue weighted by molar-refractivity contribution is 7.90. The summed E-state index contributed by atoms with van der Waals surface area (Å²) in [7, 11) is -2.44. The zero-order valence-electron chi connectivity index (χ0n) is 14.6. The van der Waals surface area contributed by atoms with Gasteiger partial charge in [0.2, 0.25) is 0 Å². The third-order valence-corrected chi connectivity index (χ3v) is 6.09. The van der Waals surface area contributed by atoms with Gasteiger partial charge in [-0.15, -0.1) is 0 Å². The summed E-state index contributed by atoms with van der Waals surface area (Å²) in [5, 5.41) is 2.94. The molecule has 0 unspecified atom stereocenters. The summed E-state index contributed by atoms with van der Waals surface area (Å²) >= 11 is 0. The standard InChI is InChI=1S/C18H18F2N4O2S/c1-21-9-4-10-23-12-13-11-14(22-2)7-8-17(13)24(27(23,25)26)18-15(19)5-3-6-16(18)20/h3,5-8,11,21H,4,9-10,12H2,1H3. The minimum atomic E-state index is -4.19. The lowest BCUT2D eigenvalue weighted by Gasteiger charge is -2.37. The lowest BCUT2D eigenvalue weighted by atomic mass is 10.1. The van der Waals surface area contributed by atoms with Gasteiger partial charge in [-0.1, -0.05) is 12.1 Å². The zero-order chi connectivity index (χ0) is 19.6. The van der Waals surface area contributed by atoms with E-state index in [2.05, 4.69) is 10.2 Å². The highest BCUT2D eigenvalue weighted by Crippen LogP contribution is 2.41. The molecule has 0 spiro atoms. The molecular weight excluding hydrogens is 374 g/mol. The second kappa shape index (κ2) is 7.60. The maximum Gasteiger partial charge on any atom is 0.308 e. The van der Waals surface area contributed by atoms with Crippen molar-refractivity contribution in [1.82, 2.24) is 9.62 Å². The van der Waals surface area contributed by atoms with Gasteiger partial charge >= 0.3 is 10.2 Å². The fourth-order valence-electron chi connectivity index (χ4n) is 3.02. The Labute approximate surface area is 157 Å². The third kappa shape index (κ3) is 3.51. The molecule has 0 amide bonds. The average molecular weight is 392 g/mol. The van der Waals surface area contributed by atoms with Crippen LogP contribution < -0.4 is 9.62 Å².